The minimum Gasteiger partial charge on any atom is -0.384 e. The van der Waals surface area contributed by atoms with Gasteiger partial charge in [0.15, 0.2) is 0 Å². The summed E-state index contributed by atoms with van der Waals surface area (Å²) in [5.41, 5.74) is 0. The summed E-state index contributed by atoms with van der Waals surface area (Å²) in [6, 6.07) is 0.387. The van der Waals surface area contributed by atoms with E-state index in [-0.39, 0.29) is 5.91 Å². The first kappa shape index (κ1) is 13.5. The molecule has 0 radical (unpaired) electrons. The van der Waals surface area contributed by atoms with Crippen LogP contribution in [0, 0.1) is 0 Å². The molecule has 16 heavy (non-hydrogen) atoms. The van der Waals surface area contributed by atoms with Gasteiger partial charge < -0.3 is 15.0 Å². The molecule has 1 rings (SSSR count). The van der Waals surface area contributed by atoms with Crippen molar-refractivity contribution in [2.45, 2.75) is 38.6 Å². The summed E-state index contributed by atoms with van der Waals surface area (Å²) in [5.74, 6) is 0.234. The van der Waals surface area contributed by atoms with Crippen molar-refractivity contribution in [3.05, 3.63) is 0 Å². The molecule has 4 nitrogen and oxygen atoms in total. The number of ether oxygens (including phenoxy) is 1. The number of amides is 1. The van der Waals surface area contributed by atoms with Gasteiger partial charge in [0.25, 0.3) is 0 Å². The number of piperidine rings is 1. The Hall–Kier alpha value is -0.610. The monoisotopic (exact) mass is 228 g/mol. The van der Waals surface area contributed by atoms with E-state index in [0.29, 0.717) is 19.1 Å². The second-order valence-electron chi connectivity index (χ2n) is 4.33. The Kier molecular flexibility index (Phi) is 6.42. The van der Waals surface area contributed by atoms with Crippen LogP contribution in [-0.4, -0.2) is 50.2 Å². The number of rotatable bonds is 6. The molecular formula is C12H24N2O2. The molecule has 0 aliphatic carbocycles. The standard InChI is InChI=1S/C12H24N2O2/c1-3-8-14(12(15)6-9-16-2)11-5-4-7-13-10-11/h11,13H,3-10H2,1-2H3. The van der Waals surface area contributed by atoms with Crippen LogP contribution < -0.4 is 5.32 Å². The zero-order valence-electron chi connectivity index (χ0n) is 10.5. The van der Waals surface area contributed by atoms with Gasteiger partial charge in [-0.1, -0.05) is 6.92 Å². The van der Waals surface area contributed by atoms with Crippen LogP contribution >= 0.6 is 0 Å². The van der Waals surface area contributed by atoms with Crippen LogP contribution in [0.25, 0.3) is 0 Å². The van der Waals surface area contributed by atoms with Crippen molar-refractivity contribution in [1.82, 2.24) is 10.2 Å². The largest absolute Gasteiger partial charge is 0.384 e. The Balaban J connectivity index is 2.47. The third-order valence-corrected chi connectivity index (χ3v) is 3.02. The number of hydrogen-bond donors (Lipinski definition) is 1. The molecule has 0 aromatic carbocycles. The van der Waals surface area contributed by atoms with Crippen molar-refractivity contribution < 1.29 is 9.53 Å². The number of carbonyl (C=O) groups is 1. The van der Waals surface area contributed by atoms with E-state index >= 15 is 0 Å². The van der Waals surface area contributed by atoms with Crippen LogP contribution in [0.4, 0.5) is 0 Å². The third-order valence-electron chi connectivity index (χ3n) is 3.02. The van der Waals surface area contributed by atoms with Crippen molar-refractivity contribution in [3.63, 3.8) is 0 Å². The van der Waals surface area contributed by atoms with Gasteiger partial charge in [-0.2, -0.15) is 0 Å². The zero-order chi connectivity index (χ0) is 11.8. The molecule has 1 N–H and O–H groups in total. The van der Waals surface area contributed by atoms with Gasteiger partial charge in [-0.25, -0.2) is 0 Å². The van der Waals surface area contributed by atoms with Crippen LogP contribution in [0.5, 0.6) is 0 Å². The summed E-state index contributed by atoms with van der Waals surface area (Å²) in [6.07, 6.45) is 3.83. The molecule has 0 spiro atoms. The molecule has 1 aliphatic rings. The molecule has 0 saturated carbocycles. The molecular weight excluding hydrogens is 204 g/mol. The summed E-state index contributed by atoms with van der Waals surface area (Å²) in [5, 5.41) is 3.36. The molecule has 4 heteroatoms. The maximum atomic E-state index is 12.0. The number of nitrogens with one attached hydrogen (secondary N) is 1. The average molecular weight is 228 g/mol. The van der Waals surface area contributed by atoms with Gasteiger partial charge in [0.05, 0.1) is 13.0 Å². The minimum atomic E-state index is 0.234. The zero-order valence-corrected chi connectivity index (χ0v) is 10.5. The molecule has 1 aliphatic heterocycles. The Labute approximate surface area is 98.3 Å². The van der Waals surface area contributed by atoms with Crippen molar-refractivity contribution in [3.8, 4) is 0 Å². The van der Waals surface area contributed by atoms with E-state index in [9.17, 15) is 4.79 Å². The van der Waals surface area contributed by atoms with E-state index < -0.39 is 0 Å². The lowest BCUT2D eigenvalue weighted by molar-refractivity contribution is -0.134. The first-order valence-electron chi connectivity index (χ1n) is 6.28. The normalized spacial score (nSPS) is 20.8. The molecule has 94 valence electrons. The highest BCUT2D eigenvalue weighted by molar-refractivity contribution is 5.76. The predicted octanol–water partition coefficient (Wildman–Crippen LogP) is 1.01. The van der Waals surface area contributed by atoms with E-state index in [1.165, 1.54) is 6.42 Å². The van der Waals surface area contributed by atoms with E-state index in [4.69, 9.17) is 4.74 Å². The topological polar surface area (TPSA) is 41.6 Å². The summed E-state index contributed by atoms with van der Waals surface area (Å²) < 4.78 is 4.96. The molecule has 1 unspecified atom stereocenters. The molecule has 1 heterocycles. The fourth-order valence-corrected chi connectivity index (χ4v) is 2.18. The molecule has 1 fully saturated rings. The van der Waals surface area contributed by atoms with E-state index in [0.717, 1.165) is 32.5 Å². The van der Waals surface area contributed by atoms with Crippen molar-refractivity contribution in [2.75, 3.05) is 33.4 Å². The Morgan fingerprint density at radius 2 is 2.38 bits per heavy atom. The molecule has 1 saturated heterocycles. The first-order chi connectivity index (χ1) is 7.79. The fraction of sp³-hybridized carbons (Fsp3) is 0.917. The van der Waals surface area contributed by atoms with E-state index in [1.807, 2.05) is 4.90 Å². The quantitative estimate of drug-likeness (QED) is 0.738. The maximum absolute atomic E-state index is 12.0. The van der Waals surface area contributed by atoms with Gasteiger partial charge in [0, 0.05) is 26.2 Å². The summed E-state index contributed by atoms with van der Waals surface area (Å²) in [7, 11) is 1.64. The van der Waals surface area contributed by atoms with Crippen LogP contribution in [0.2, 0.25) is 0 Å². The minimum absolute atomic E-state index is 0.234. The van der Waals surface area contributed by atoms with Crippen molar-refractivity contribution >= 4 is 5.91 Å². The van der Waals surface area contributed by atoms with E-state index in [2.05, 4.69) is 12.2 Å². The van der Waals surface area contributed by atoms with Gasteiger partial charge in [0.1, 0.15) is 0 Å². The highest BCUT2D eigenvalue weighted by Crippen LogP contribution is 2.12. The van der Waals surface area contributed by atoms with Gasteiger partial charge >= 0.3 is 0 Å². The molecule has 0 aromatic rings. The predicted molar refractivity (Wildman–Crippen MR) is 64.4 cm³/mol. The second-order valence-corrected chi connectivity index (χ2v) is 4.33. The summed E-state index contributed by atoms with van der Waals surface area (Å²) in [4.78, 5) is 14.0. The van der Waals surface area contributed by atoms with E-state index in [1.54, 1.807) is 7.11 Å². The number of carbonyl (C=O) groups excluding carboxylic acids is 1. The SMILES string of the molecule is CCCN(C(=O)CCOC)C1CCCNC1. The lowest BCUT2D eigenvalue weighted by Gasteiger charge is -2.34. The number of hydrogen-bond acceptors (Lipinski definition) is 3. The average Bonchev–Trinajstić information content (AvgIpc) is 2.34. The molecule has 1 atom stereocenters. The van der Waals surface area contributed by atoms with Crippen LogP contribution in [0.3, 0.4) is 0 Å². The van der Waals surface area contributed by atoms with Crippen LogP contribution in [-0.2, 0) is 9.53 Å². The molecule has 0 aromatic heterocycles. The van der Waals surface area contributed by atoms with Gasteiger partial charge in [-0.3, -0.25) is 4.79 Å². The lowest BCUT2D eigenvalue weighted by Crippen LogP contribution is -2.49. The maximum Gasteiger partial charge on any atom is 0.225 e. The Bertz CT molecular complexity index is 203. The molecule has 1 amide bonds. The third kappa shape index (κ3) is 4.10. The summed E-state index contributed by atoms with van der Waals surface area (Å²) in [6.45, 7) is 5.54. The lowest BCUT2D eigenvalue weighted by atomic mass is 10.1. The van der Waals surface area contributed by atoms with Gasteiger partial charge in [-0.15, -0.1) is 0 Å². The van der Waals surface area contributed by atoms with Gasteiger partial charge in [0.2, 0.25) is 5.91 Å². The Morgan fingerprint density at radius 1 is 1.56 bits per heavy atom. The number of methoxy groups -OCH3 is 1. The van der Waals surface area contributed by atoms with Crippen molar-refractivity contribution in [1.29, 1.82) is 0 Å². The first-order valence-corrected chi connectivity index (χ1v) is 6.28. The number of nitrogens with zero attached hydrogens (tertiary/aromatic N) is 1. The van der Waals surface area contributed by atoms with Crippen LogP contribution in [0.15, 0.2) is 0 Å². The smallest absolute Gasteiger partial charge is 0.225 e. The van der Waals surface area contributed by atoms with Crippen molar-refractivity contribution in [2.24, 2.45) is 0 Å². The highest BCUT2D eigenvalue weighted by Gasteiger charge is 2.23. The summed E-state index contributed by atoms with van der Waals surface area (Å²) >= 11 is 0. The fourth-order valence-electron chi connectivity index (χ4n) is 2.18. The van der Waals surface area contributed by atoms with Gasteiger partial charge in [-0.05, 0) is 25.8 Å². The highest BCUT2D eigenvalue weighted by atomic mass is 16.5. The Morgan fingerprint density at radius 3 is 2.94 bits per heavy atom. The molecule has 0 bridgehead atoms. The van der Waals surface area contributed by atoms with Crippen LogP contribution in [0.1, 0.15) is 32.6 Å². The second kappa shape index (κ2) is 7.63.